The molecule has 0 atom stereocenters. The normalized spacial score (nSPS) is 12.4. The van der Waals surface area contributed by atoms with Gasteiger partial charge in [-0.2, -0.15) is 16.8 Å². The van der Waals surface area contributed by atoms with E-state index >= 15 is 0 Å². The van der Waals surface area contributed by atoms with E-state index in [-0.39, 0.29) is 16.2 Å². The summed E-state index contributed by atoms with van der Waals surface area (Å²) in [4.78, 5) is -0.0759. The quantitative estimate of drug-likeness (QED) is 0.190. The van der Waals surface area contributed by atoms with Crippen molar-refractivity contribution in [3.63, 3.8) is 0 Å². The zero-order valence-electron chi connectivity index (χ0n) is 19.1. The maximum Gasteiger partial charge on any atom is 0.299 e. The Hall–Kier alpha value is -1.74. The van der Waals surface area contributed by atoms with Crippen molar-refractivity contribution in [3.8, 4) is 0 Å². The molecule has 2 rings (SSSR count). The molecule has 0 spiro atoms. The highest BCUT2D eigenvalue weighted by Gasteiger charge is 2.28. The average Bonchev–Trinajstić information content (AvgIpc) is 2.73. The van der Waals surface area contributed by atoms with Crippen LogP contribution in [-0.2, 0) is 28.6 Å². The summed E-state index contributed by atoms with van der Waals surface area (Å²) in [6, 6.07) is 12.4. The Balaban J connectivity index is 2.11. The molecular formula is C24H34O6S2. The zero-order chi connectivity index (χ0) is 23.6. The molecule has 0 amide bonds. The number of rotatable bonds is 14. The fourth-order valence-electron chi connectivity index (χ4n) is 3.18. The lowest BCUT2D eigenvalue weighted by Crippen LogP contribution is -2.25. The Kier molecular flexibility index (Phi) is 10.3. The summed E-state index contributed by atoms with van der Waals surface area (Å²) in [7, 11) is -8.36. The molecule has 8 heteroatoms. The SMILES string of the molecule is CCCCCCCCCC(OS(=O)(=O)c1ccc(C)cc1)OS(=O)(=O)c1ccc(C)cc1. The monoisotopic (exact) mass is 482 g/mol. The minimum atomic E-state index is -4.18. The first kappa shape index (κ1) is 26.5. The molecule has 2 aromatic carbocycles. The van der Waals surface area contributed by atoms with Crippen molar-refractivity contribution in [2.75, 3.05) is 0 Å². The predicted molar refractivity (Wildman–Crippen MR) is 125 cm³/mol. The third kappa shape index (κ3) is 8.65. The largest absolute Gasteiger partial charge is 0.299 e. The number of hydrogen-bond acceptors (Lipinski definition) is 6. The number of benzene rings is 2. The summed E-state index contributed by atoms with van der Waals surface area (Å²) in [6.07, 6.45) is 5.80. The van der Waals surface area contributed by atoms with Crippen LogP contribution < -0.4 is 0 Å². The first-order valence-electron chi connectivity index (χ1n) is 11.1. The Morgan fingerprint density at radius 1 is 0.625 bits per heavy atom. The molecule has 0 aromatic heterocycles. The van der Waals surface area contributed by atoms with E-state index in [1.807, 2.05) is 13.8 Å². The molecule has 178 valence electrons. The highest BCUT2D eigenvalue weighted by Crippen LogP contribution is 2.23. The van der Waals surface area contributed by atoms with Gasteiger partial charge in [-0.3, -0.25) is 0 Å². The number of aryl methyl sites for hydroxylation is 2. The molecule has 0 fully saturated rings. The lowest BCUT2D eigenvalue weighted by Gasteiger charge is -2.18. The van der Waals surface area contributed by atoms with Crippen molar-refractivity contribution < 1.29 is 25.2 Å². The van der Waals surface area contributed by atoms with Gasteiger partial charge < -0.3 is 0 Å². The van der Waals surface area contributed by atoms with Crippen molar-refractivity contribution in [2.24, 2.45) is 0 Å². The molecule has 0 radical (unpaired) electrons. The van der Waals surface area contributed by atoms with Gasteiger partial charge >= 0.3 is 0 Å². The molecule has 0 bridgehead atoms. The summed E-state index contributed by atoms with van der Waals surface area (Å²) in [5.41, 5.74) is 1.81. The van der Waals surface area contributed by atoms with Crippen LogP contribution in [0.15, 0.2) is 58.3 Å². The first-order chi connectivity index (χ1) is 15.1. The van der Waals surface area contributed by atoms with E-state index in [4.69, 9.17) is 8.37 Å². The molecule has 0 aliphatic rings. The molecule has 0 saturated carbocycles. The minimum Gasteiger partial charge on any atom is -0.233 e. The lowest BCUT2D eigenvalue weighted by atomic mass is 10.1. The van der Waals surface area contributed by atoms with Crippen molar-refractivity contribution in [1.82, 2.24) is 0 Å². The second kappa shape index (κ2) is 12.5. The van der Waals surface area contributed by atoms with Crippen LogP contribution in [0.2, 0.25) is 0 Å². The van der Waals surface area contributed by atoms with E-state index in [9.17, 15) is 16.8 Å². The van der Waals surface area contributed by atoms with Gasteiger partial charge in [0.05, 0.1) is 9.79 Å². The van der Waals surface area contributed by atoms with Crippen molar-refractivity contribution in [2.45, 2.75) is 88.2 Å². The average molecular weight is 483 g/mol. The molecule has 0 unspecified atom stereocenters. The topological polar surface area (TPSA) is 86.7 Å². The highest BCUT2D eigenvalue weighted by atomic mass is 32.2. The Bertz CT molecular complexity index is 949. The van der Waals surface area contributed by atoms with Gasteiger partial charge in [0.1, 0.15) is 0 Å². The number of hydrogen-bond donors (Lipinski definition) is 0. The van der Waals surface area contributed by atoms with Crippen LogP contribution in [0.4, 0.5) is 0 Å². The molecule has 0 heterocycles. The van der Waals surface area contributed by atoms with Crippen LogP contribution in [0.3, 0.4) is 0 Å². The van der Waals surface area contributed by atoms with Crippen LogP contribution in [-0.4, -0.2) is 23.1 Å². The van der Waals surface area contributed by atoms with Crippen molar-refractivity contribution in [3.05, 3.63) is 59.7 Å². The molecule has 0 saturated heterocycles. The summed E-state index contributed by atoms with van der Waals surface area (Å²) in [5, 5.41) is 0. The van der Waals surface area contributed by atoms with Gasteiger partial charge in [-0.1, -0.05) is 80.8 Å². The molecule has 32 heavy (non-hydrogen) atoms. The highest BCUT2D eigenvalue weighted by molar-refractivity contribution is 7.87. The van der Waals surface area contributed by atoms with Gasteiger partial charge in [-0.15, -0.1) is 0 Å². The van der Waals surface area contributed by atoms with Crippen LogP contribution in [0, 0.1) is 13.8 Å². The van der Waals surface area contributed by atoms with Gasteiger partial charge in [0.15, 0.2) is 6.29 Å². The van der Waals surface area contributed by atoms with E-state index in [1.54, 1.807) is 24.3 Å². The van der Waals surface area contributed by atoms with Crippen molar-refractivity contribution >= 4 is 20.2 Å². The van der Waals surface area contributed by atoms with Crippen LogP contribution in [0.1, 0.15) is 69.4 Å². The first-order valence-corrected chi connectivity index (χ1v) is 14.0. The van der Waals surface area contributed by atoms with E-state index in [0.29, 0.717) is 6.42 Å². The molecule has 2 aromatic rings. The summed E-state index contributed by atoms with van der Waals surface area (Å²) in [6.45, 7) is 5.85. The van der Waals surface area contributed by atoms with Gasteiger partial charge in [0.25, 0.3) is 20.2 Å². The standard InChI is InChI=1S/C24H34O6S2/c1-4-5-6-7-8-9-10-11-24(29-31(25,26)22-16-12-20(2)13-17-22)30-32(27,28)23-18-14-21(3)15-19-23/h12-19,24H,4-11H2,1-3H3. The maximum atomic E-state index is 12.7. The maximum absolute atomic E-state index is 12.7. The summed E-state index contributed by atoms with van der Waals surface area (Å²) < 4.78 is 61.4. The van der Waals surface area contributed by atoms with E-state index in [2.05, 4.69) is 6.92 Å². The zero-order valence-corrected chi connectivity index (χ0v) is 20.8. The predicted octanol–water partition coefficient (Wildman–Crippen LogP) is 5.88. The van der Waals surface area contributed by atoms with Gasteiger partial charge in [0.2, 0.25) is 0 Å². The molecular weight excluding hydrogens is 448 g/mol. The Morgan fingerprint density at radius 3 is 1.41 bits per heavy atom. The van der Waals surface area contributed by atoms with Crippen LogP contribution in [0.25, 0.3) is 0 Å². The molecule has 0 aliphatic carbocycles. The Labute approximate surface area is 193 Å². The fraction of sp³-hybridized carbons (Fsp3) is 0.500. The Morgan fingerprint density at radius 2 is 1.00 bits per heavy atom. The van der Waals surface area contributed by atoms with Gasteiger partial charge in [0, 0.05) is 6.42 Å². The number of unbranched alkanes of at least 4 members (excludes halogenated alkanes) is 6. The third-order valence-electron chi connectivity index (χ3n) is 5.13. The van der Waals surface area contributed by atoms with E-state index in [0.717, 1.165) is 43.2 Å². The van der Waals surface area contributed by atoms with Gasteiger partial charge in [-0.25, -0.2) is 8.37 Å². The van der Waals surface area contributed by atoms with Crippen LogP contribution >= 0.6 is 0 Å². The van der Waals surface area contributed by atoms with Gasteiger partial charge in [-0.05, 0) is 44.5 Å². The molecule has 0 aliphatic heterocycles. The smallest absolute Gasteiger partial charge is 0.233 e. The van der Waals surface area contributed by atoms with E-state index < -0.39 is 26.5 Å². The molecule has 6 nitrogen and oxygen atoms in total. The second-order valence-electron chi connectivity index (χ2n) is 8.07. The summed E-state index contributed by atoms with van der Waals surface area (Å²) in [5.74, 6) is 0. The summed E-state index contributed by atoms with van der Waals surface area (Å²) >= 11 is 0. The second-order valence-corrected chi connectivity index (χ2v) is 11.2. The molecule has 0 N–H and O–H groups in total. The van der Waals surface area contributed by atoms with Crippen molar-refractivity contribution in [1.29, 1.82) is 0 Å². The fourth-order valence-corrected chi connectivity index (χ4v) is 5.23. The van der Waals surface area contributed by atoms with Crippen LogP contribution in [0.5, 0.6) is 0 Å². The lowest BCUT2D eigenvalue weighted by molar-refractivity contribution is 0.00874. The minimum absolute atomic E-state index is 0.0380. The third-order valence-corrected chi connectivity index (χ3v) is 7.77. The van der Waals surface area contributed by atoms with E-state index in [1.165, 1.54) is 30.7 Å².